The van der Waals surface area contributed by atoms with Crippen molar-refractivity contribution in [3.63, 3.8) is 0 Å². The Bertz CT molecular complexity index is 768. The molecule has 116 valence electrons. The van der Waals surface area contributed by atoms with Gasteiger partial charge in [0.1, 0.15) is 11.6 Å². The molecule has 0 spiro atoms. The largest absolute Gasteiger partial charge is 0.426 e. The topological polar surface area (TPSA) is 63.7 Å². The first-order valence-corrected chi connectivity index (χ1v) is 6.98. The maximum absolute atomic E-state index is 13.0. The van der Waals surface area contributed by atoms with Crippen LogP contribution in [-0.4, -0.2) is 29.2 Å². The molecule has 0 atom stereocenters. The van der Waals surface area contributed by atoms with E-state index < -0.39 is 23.6 Å². The Labute approximate surface area is 131 Å². The molecule has 0 radical (unpaired) electrons. The summed E-state index contributed by atoms with van der Waals surface area (Å²) in [7, 11) is 0. The van der Waals surface area contributed by atoms with Gasteiger partial charge in [-0.25, -0.2) is 4.39 Å². The maximum atomic E-state index is 13.0. The van der Waals surface area contributed by atoms with Crippen molar-refractivity contribution in [2.75, 3.05) is 6.54 Å². The minimum Gasteiger partial charge on any atom is -0.426 e. The van der Waals surface area contributed by atoms with E-state index in [0.29, 0.717) is 11.1 Å². The van der Waals surface area contributed by atoms with Crippen molar-refractivity contribution in [1.29, 1.82) is 0 Å². The lowest BCUT2D eigenvalue weighted by Crippen LogP contribution is -2.32. The average Bonchev–Trinajstić information content (AvgIpc) is 2.77. The van der Waals surface area contributed by atoms with Crippen molar-refractivity contribution in [2.24, 2.45) is 0 Å². The van der Waals surface area contributed by atoms with Crippen LogP contribution in [0.3, 0.4) is 0 Å². The van der Waals surface area contributed by atoms with Gasteiger partial charge in [0.25, 0.3) is 11.8 Å². The van der Waals surface area contributed by atoms with Crippen LogP contribution in [0.5, 0.6) is 5.75 Å². The molecule has 0 aromatic heterocycles. The predicted octanol–water partition coefficient (Wildman–Crippen LogP) is 2.42. The molecule has 2 amide bonds. The van der Waals surface area contributed by atoms with Crippen molar-refractivity contribution < 1.29 is 23.5 Å². The number of amides is 2. The zero-order chi connectivity index (χ0) is 16.4. The Morgan fingerprint density at radius 1 is 1.00 bits per heavy atom. The van der Waals surface area contributed by atoms with Gasteiger partial charge in [0.05, 0.1) is 17.5 Å². The van der Waals surface area contributed by atoms with Crippen molar-refractivity contribution >= 4 is 17.8 Å². The molecule has 0 bridgehead atoms. The number of benzene rings is 2. The summed E-state index contributed by atoms with van der Waals surface area (Å²) in [5.41, 5.74) is 0.659. The van der Waals surface area contributed by atoms with Crippen LogP contribution in [0.1, 0.15) is 27.1 Å². The summed E-state index contributed by atoms with van der Waals surface area (Å²) < 4.78 is 18.0. The second-order valence-corrected chi connectivity index (χ2v) is 4.99. The highest BCUT2D eigenvalue weighted by Gasteiger charge is 2.35. The van der Waals surface area contributed by atoms with Gasteiger partial charge in [-0.3, -0.25) is 19.3 Å². The first-order chi connectivity index (χ1) is 11.1. The standard InChI is InChI=1S/C17H12FNO4/c18-11-4-3-5-12(10-11)23-15(20)8-9-19-16(21)13-6-1-2-7-14(13)17(19)22/h1-7,10H,8-9H2. The molecular weight excluding hydrogens is 301 g/mol. The highest BCUT2D eigenvalue weighted by molar-refractivity contribution is 6.21. The Kier molecular flexibility index (Phi) is 3.89. The molecule has 0 unspecified atom stereocenters. The van der Waals surface area contributed by atoms with E-state index in [4.69, 9.17) is 4.74 Å². The fraction of sp³-hybridized carbons (Fsp3) is 0.118. The molecule has 0 saturated carbocycles. The summed E-state index contributed by atoms with van der Waals surface area (Å²) in [6, 6.07) is 11.7. The number of rotatable bonds is 4. The number of hydrogen-bond donors (Lipinski definition) is 0. The van der Waals surface area contributed by atoms with Crippen molar-refractivity contribution in [1.82, 2.24) is 4.90 Å². The highest BCUT2D eigenvalue weighted by atomic mass is 19.1. The van der Waals surface area contributed by atoms with Gasteiger partial charge in [-0.15, -0.1) is 0 Å². The van der Waals surface area contributed by atoms with Gasteiger partial charge in [-0.1, -0.05) is 18.2 Å². The third kappa shape index (κ3) is 2.96. The predicted molar refractivity (Wildman–Crippen MR) is 78.5 cm³/mol. The van der Waals surface area contributed by atoms with E-state index in [1.54, 1.807) is 24.3 Å². The summed E-state index contributed by atoms with van der Waals surface area (Å²) in [4.78, 5) is 37.0. The van der Waals surface area contributed by atoms with Crippen LogP contribution in [-0.2, 0) is 4.79 Å². The molecular formula is C17H12FNO4. The van der Waals surface area contributed by atoms with Gasteiger partial charge in [-0.05, 0) is 24.3 Å². The molecule has 0 N–H and O–H groups in total. The van der Waals surface area contributed by atoms with E-state index in [-0.39, 0.29) is 18.7 Å². The summed E-state index contributed by atoms with van der Waals surface area (Å²) in [5.74, 6) is -1.94. The van der Waals surface area contributed by atoms with E-state index in [2.05, 4.69) is 0 Å². The number of nitrogens with zero attached hydrogens (tertiary/aromatic N) is 1. The van der Waals surface area contributed by atoms with Gasteiger partial charge in [0.15, 0.2) is 0 Å². The summed E-state index contributed by atoms with van der Waals surface area (Å²) in [6.07, 6.45) is -0.165. The van der Waals surface area contributed by atoms with Crippen molar-refractivity contribution in [2.45, 2.75) is 6.42 Å². The maximum Gasteiger partial charge on any atom is 0.313 e. The molecule has 2 aromatic rings. The lowest BCUT2D eigenvalue weighted by molar-refractivity contribution is -0.134. The Morgan fingerprint density at radius 2 is 1.65 bits per heavy atom. The zero-order valence-corrected chi connectivity index (χ0v) is 12.0. The first-order valence-electron chi connectivity index (χ1n) is 6.98. The molecule has 0 aliphatic carbocycles. The summed E-state index contributed by atoms with van der Waals surface area (Å²) in [5, 5.41) is 0. The second-order valence-electron chi connectivity index (χ2n) is 4.99. The normalized spacial score (nSPS) is 13.2. The summed E-state index contributed by atoms with van der Waals surface area (Å²) >= 11 is 0. The molecule has 0 saturated heterocycles. The third-order valence-electron chi connectivity index (χ3n) is 3.45. The molecule has 5 nitrogen and oxygen atoms in total. The van der Waals surface area contributed by atoms with Crippen LogP contribution in [0.2, 0.25) is 0 Å². The minimum absolute atomic E-state index is 0.0809. The molecule has 2 aromatic carbocycles. The molecule has 1 aliphatic rings. The van der Waals surface area contributed by atoms with Crippen LogP contribution in [0.4, 0.5) is 4.39 Å². The number of esters is 1. The molecule has 23 heavy (non-hydrogen) atoms. The van der Waals surface area contributed by atoms with E-state index in [9.17, 15) is 18.8 Å². The number of imide groups is 1. The van der Waals surface area contributed by atoms with E-state index in [1.807, 2.05) is 0 Å². The van der Waals surface area contributed by atoms with Gasteiger partial charge < -0.3 is 4.74 Å². The monoisotopic (exact) mass is 313 g/mol. The van der Waals surface area contributed by atoms with E-state index in [1.165, 1.54) is 18.2 Å². The Hall–Kier alpha value is -3.02. The number of halogens is 1. The van der Waals surface area contributed by atoms with Crippen LogP contribution in [0, 0.1) is 5.82 Å². The molecule has 3 rings (SSSR count). The number of ether oxygens (including phenoxy) is 1. The second kappa shape index (κ2) is 6.00. The van der Waals surface area contributed by atoms with E-state index in [0.717, 1.165) is 11.0 Å². The SMILES string of the molecule is O=C(CCN1C(=O)c2ccccc2C1=O)Oc1cccc(F)c1. The fourth-order valence-corrected chi connectivity index (χ4v) is 2.36. The minimum atomic E-state index is -0.646. The number of fused-ring (bicyclic) bond motifs is 1. The fourth-order valence-electron chi connectivity index (χ4n) is 2.36. The third-order valence-corrected chi connectivity index (χ3v) is 3.45. The first kappa shape index (κ1) is 14.9. The number of carbonyl (C=O) groups is 3. The quantitative estimate of drug-likeness (QED) is 0.494. The molecule has 1 heterocycles. The van der Waals surface area contributed by atoms with Crippen LogP contribution in [0.25, 0.3) is 0 Å². The summed E-state index contributed by atoms with van der Waals surface area (Å²) in [6.45, 7) is -0.0828. The number of carbonyl (C=O) groups excluding carboxylic acids is 3. The van der Waals surface area contributed by atoms with Gasteiger partial charge >= 0.3 is 5.97 Å². The van der Waals surface area contributed by atoms with Crippen molar-refractivity contribution in [3.05, 3.63) is 65.5 Å². The van der Waals surface area contributed by atoms with E-state index >= 15 is 0 Å². The Balaban J connectivity index is 1.62. The van der Waals surface area contributed by atoms with Crippen LogP contribution < -0.4 is 4.74 Å². The van der Waals surface area contributed by atoms with Gasteiger partial charge in [-0.2, -0.15) is 0 Å². The van der Waals surface area contributed by atoms with Gasteiger partial charge in [0, 0.05) is 12.6 Å². The molecule has 0 fully saturated rings. The van der Waals surface area contributed by atoms with Crippen molar-refractivity contribution in [3.8, 4) is 5.75 Å². The lowest BCUT2D eigenvalue weighted by atomic mass is 10.1. The lowest BCUT2D eigenvalue weighted by Gasteiger charge is -2.13. The zero-order valence-electron chi connectivity index (χ0n) is 12.0. The number of hydrogen-bond acceptors (Lipinski definition) is 4. The highest BCUT2D eigenvalue weighted by Crippen LogP contribution is 2.22. The Morgan fingerprint density at radius 3 is 2.26 bits per heavy atom. The molecule has 1 aliphatic heterocycles. The van der Waals surface area contributed by atoms with Gasteiger partial charge in [0.2, 0.25) is 0 Å². The van der Waals surface area contributed by atoms with Crippen LogP contribution >= 0.6 is 0 Å². The van der Waals surface area contributed by atoms with Crippen LogP contribution in [0.15, 0.2) is 48.5 Å². The smallest absolute Gasteiger partial charge is 0.313 e. The molecule has 6 heteroatoms. The average molecular weight is 313 g/mol.